The number of carbonyl (C=O) groups is 1. The molecule has 0 aliphatic carbocycles. The zero-order chi connectivity index (χ0) is 23.8. The van der Waals surface area contributed by atoms with Crippen LogP contribution in [0.1, 0.15) is 21.5 Å². The standard InChI is InChI=1S/C27H22N4O2S/c1-3-16-33-24-14-6-20(7-15-24)17-28-31-26(32)22-10-8-21(9-11-22)25-18-34-27(30-25)29-23-12-4-19(2)5-13-23/h1,4-15,17-18H,16H2,2H3,(H,29,30)(H,31,32)/b28-17-. The number of aromatic nitrogens is 1. The molecule has 0 atom stereocenters. The van der Waals surface area contributed by atoms with Crippen LogP contribution in [0, 0.1) is 19.3 Å². The average molecular weight is 467 g/mol. The van der Waals surface area contributed by atoms with Crippen molar-refractivity contribution in [1.82, 2.24) is 10.4 Å². The Kier molecular flexibility index (Phi) is 7.33. The Hall–Kier alpha value is -4.41. The zero-order valence-corrected chi connectivity index (χ0v) is 19.3. The molecule has 0 saturated heterocycles. The molecule has 0 radical (unpaired) electrons. The molecule has 3 aromatic carbocycles. The van der Waals surface area contributed by atoms with Crippen LogP contribution in [0.4, 0.5) is 10.8 Å². The molecule has 0 saturated carbocycles. The fourth-order valence-corrected chi connectivity index (χ4v) is 3.76. The first-order chi connectivity index (χ1) is 16.6. The van der Waals surface area contributed by atoms with E-state index in [0.717, 1.165) is 27.6 Å². The summed E-state index contributed by atoms with van der Waals surface area (Å²) in [7, 11) is 0. The van der Waals surface area contributed by atoms with Crippen molar-refractivity contribution in [2.24, 2.45) is 5.10 Å². The summed E-state index contributed by atoms with van der Waals surface area (Å²) in [6, 6.07) is 22.6. The molecular formula is C27H22N4O2S. The second-order valence-corrected chi connectivity index (χ2v) is 8.23. The van der Waals surface area contributed by atoms with E-state index in [0.29, 0.717) is 11.3 Å². The summed E-state index contributed by atoms with van der Waals surface area (Å²) in [5.74, 6) is 2.80. The van der Waals surface area contributed by atoms with Gasteiger partial charge >= 0.3 is 0 Å². The number of benzene rings is 3. The lowest BCUT2D eigenvalue weighted by atomic mass is 10.1. The maximum absolute atomic E-state index is 12.4. The summed E-state index contributed by atoms with van der Waals surface area (Å²) in [4.78, 5) is 17.0. The number of ether oxygens (including phenoxy) is 1. The largest absolute Gasteiger partial charge is 0.481 e. The van der Waals surface area contributed by atoms with Crippen molar-refractivity contribution in [3.8, 4) is 29.4 Å². The number of hydrogen-bond acceptors (Lipinski definition) is 6. The highest BCUT2D eigenvalue weighted by atomic mass is 32.1. The predicted octanol–water partition coefficient (Wildman–Crippen LogP) is 5.64. The van der Waals surface area contributed by atoms with Crippen LogP contribution in [0.2, 0.25) is 0 Å². The fraction of sp³-hybridized carbons (Fsp3) is 0.0741. The number of amides is 1. The number of terminal acetylenes is 1. The Morgan fingerprint density at radius 3 is 2.53 bits per heavy atom. The SMILES string of the molecule is C#CCOc1ccc(/C=N\NC(=O)c2ccc(-c3csc(Nc4ccc(C)cc4)n3)cc2)cc1. The van der Waals surface area contributed by atoms with Crippen molar-refractivity contribution in [2.45, 2.75) is 6.92 Å². The second-order valence-electron chi connectivity index (χ2n) is 7.37. The minimum atomic E-state index is -0.295. The Bertz CT molecular complexity index is 1320. The summed E-state index contributed by atoms with van der Waals surface area (Å²) in [5, 5.41) is 10.1. The molecule has 0 bridgehead atoms. The van der Waals surface area contributed by atoms with Crippen LogP contribution in [-0.4, -0.2) is 23.7 Å². The molecule has 4 rings (SSSR count). The molecule has 1 amide bonds. The van der Waals surface area contributed by atoms with Gasteiger partial charge in [0.25, 0.3) is 5.91 Å². The van der Waals surface area contributed by atoms with Crippen molar-refractivity contribution < 1.29 is 9.53 Å². The number of nitrogens with one attached hydrogen (secondary N) is 2. The number of hydrogen-bond donors (Lipinski definition) is 2. The minimum absolute atomic E-state index is 0.218. The molecule has 1 heterocycles. The normalized spacial score (nSPS) is 10.6. The third-order valence-electron chi connectivity index (χ3n) is 4.83. The Morgan fingerprint density at radius 1 is 1.09 bits per heavy atom. The number of rotatable bonds is 8. The molecule has 0 fully saturated rings. The predicted molar refractivity (Wildman–Crippen MR) is 138 cm³/mol. The quantitative estimate of drug-likeness (QED) is 0.200. The lowest BCUT2D eigenvalue weighted by Crippen LogP contribution is -2.17. The van der Waals surface area contributed by atoms with Gasteiger partial charge in [0.1, 0.15) is 12.4 Å². The van der Waals surface area contributed by atoms with E-state index in [4.69, 9.17) is 11.2 Å². The Balaban J connectivity index is 1.33. The summed E-state index contributed by atoms with van der Waals surface area (Å²) >= 11 is 1.53. The van der Waals surface area contributed by atoms with Crippen LogP contribution in [0.15, 0.2) is 83.3 Å². The molecule has 0 aliphatic rings. The third-order valence-corrected chi connectivity index (χ3v) is 5.59. The number of aryl methyl sites for hydroxylation is 1. The number of thiazole rings is 1. The van der Waals surface area contributed by atoms with Gasteiger partial charge in [0.15, 0.2) is 5.13 Å². The van der Waals surface area contributed by atoms with E-state index < -0.39 is 0 Å². The first-order valence-electron chi connectivity index (χ1n) is 10.5. The molecule has 7 heteroatoms. The van der Waals surface area contributed by atoms with Gasteiger partial charge < -0.3 is 10.1 Å². The van der Waals surface area contributed by atoms with E-state index >= 15 is 0 Å². The molecule has 0 aliphatic heterocycles. The summed E-state index contributed by atoms with van der Waals surface area (Å²) in [6.45, 7) is 2.27. The molecule has 2 N–H and O–H groups in total. The molecule has 0 unspecified atom stereocenters. The molecule has 1 aromatic heterocycles. The van der Waals surface area contributed by atoms with E-state index in [1.807, 2.05) is 41.8 Å². The van der Waals surface area contributed by atoms with E-state index in [-0.39, 0.29) is 12.5 Å². The monoisotopic (exact) mass is 466 g/mol. The van der Waals surface area contributed by atoms with Gasteiger partial charge in [-0.2, -0.15) is 5.10 Å². The maximum atomic E-state index is 12.4. The first kappa shape index (κ1) is 22.8. The number of carbonyl (C=O) groups excluding carboxylic acids is 1. The molecule has 0 spiro atoms. The molecule has 6 nitrogen and oxygen atoms in total. The van der Waals surface area contributed by atoms with E-state index in [1.165, 1.54) is 16.9 Å². The van der Waals surface area contributed by atoms with Gasteiger partial charge in [-0.1, -0.05) is 35.7 Å². The van der Waals surface area contributed by atoms with Gasteiger partial charge in [-0.15, -0.1) is 17.8 Å². The van der Waals surface area contributed by atoms with E-state index in [1.54, 1.807) is 30.5 Å². The van der Waals surface area contributed by atoms with E-state index in [2.05, 4.69) is 45.8 Å². The summed E-state index contributed by atoms with van der Waals surface area (Å²) in [6.07, 6.45) is 6.74. The van der Waals surface area contributed by atoms with Crippen LogP contribution in [0.3, 0.4) is 0 Å². The van der Waals surface area contributed by atoms with Crippen molar-refractivity contribution in [2.75, 3.05) is 11.9 Å². The molecule has 4 aromatic rings. The molecular weight excluding hydrogens is 444 g/mol. The highest BCUT2D eigenvalue weighted by molar-refractivity contribution is 7.14. The summed E-state index contributed by atoms with van der Waals surface area (Å²) in [5.41, 5.74) is 7.85. The molecule has 34 heavy (non-hydrogen) atoms. The molecule has 168 valence electrons. The van der Waals surface area contributed by atoms with Crippen molar-refractivity contribution in [3.63, 3.8) is 0 Å². The smallest absolute Gasteiger partial charge is 0.271 e. The number of anilines is 2. The van der Waals surface area contributed by atoms with Gasteiger partial charge in [0, 0.05) is 22.2 Å². The number of hydrazone groups is 1. The topological polar surface area (TPSA) is 75.6 Å². The van der Waals surface area contributed by atoms with Gasteiger partial charge in [-0.05, 0) is 61.0 Å². The van der Waals surface area contributed by atoms with Crippen molar-refractivity contribution >= 4 is 34.3 Å². The van der Waals surface area contributed by atoms with Gasteiger partial charge in [0.2, 0.25) is 0 Å². The number of nitrogens with zero attached hydrogens (tertiary/aromatic N) is 2. The van der Waals surface area contributed by atoms with Crippen LogP contribution in [0.5, 0.6) is 5.75 Å². The minimum Gasteiger partial charge on any atom is -0.481 e. The van der Waals surface area contributed by atoms with Crippen LogP contribution in [0.25, 0.3) is 11.3 Å². The third kappa shape index (κ3) is 6.09. The van der Waals surface area contributed by atoms with Crippen LogP contribution < -0.4 is 15.5 Å². The highest BCUT2D eigenvalue weighted by Crippen LogP contribution is 2.27. The maximum Gasteiger partial charge on any atom is 0.271 e. The van der Waals surface area contributed by atoms with Gasteiger partial charge in [-0.3, -0.25) is 4.79 Å². The highest BCUT2D eigenvalue weighted by Gasteiger charge is 2.08. The van der Waals surface area contributed by atoms with Crippen LogP contribution in [-0.2, 0) is 0 Å². The van der Waals surface area contributed by atoms with Crippen molar-refractivity contribution in [3.05, 3.63) is 94.9 Å². The lowest BCUT2D eigenvalue weighted by molar-refractivity contribution is 0.0955. The van der Waals surface area contributed by atoms with Crippen LogP contribution >= 0.6 is 11.3 Å². The second kappa shape index (κ2) is 10.9. The summed E-state index contributed by atoms with van der Waals surface area (Å²) < 4.78 is 5.33. The van der Waals surface area contributed by atoms with Gasteiger partial charge in [-0.25, -0.2) is 10.4 Å². The average Bonchev–Trinajstić information content (AvgIpc) is 3.33. The fourth-order valence-electron chi connectivity index (χ4n) is 3.02. The Morgan fingerprint density at radius 2 is 1.82 bits per heavy atom. The Labute approximate surface area is 202 Å². The van der Waals surface area contributed by atoms with Gasteiger partial charge in [0.05, 0.1) is 11.9 Å². The lowest BCUT2D eigenvalue weighted by Gasteiger charge is -2.03. The van der Waals surface area contributed by atoms with E-state index in [9.17, 15) is 4.79 Å². The zero-order valence-electron chi connectivity index (χ0n) is 18.5. The van der Waals surface area contributed by atoms with Crippen molar-refractivity contribution in [1.29, 1.82) is 0 Å². The first-order valence-corrected chi connectivity index (χ1v) is 11.4.